The van der Waals surface area contributed by atoms with Gasteiger partial charge < -0.3 is 0 Å². The second-order valence-electron chi connectivity index (χ2n) is 2.98. The number of carbonyl (C=O) groups is 1. The van der Waals surface area contributed by atoms with Gasteiger partial charge in [0, 0.05) is 6.20 Å². The first-order chi connectivity index (χ1) is 7.46. The van der Waals surface area contributed by atoms with E-state index >= 15 is 0 Å². The van der Waals surface area contributed by atoms with Crippen LogP contribution in [0.5, 0.6) is 0 Å². The molecule has 0 aliphatic rings. The Morgan fingerprint density at radius 1 is 1.44 bits per heavy atom. The minimum atomic E-state index is -4.72. The van der Waals surface area contributed by atoms with Crippen LogP contribution in [0.4, 0.5) is 13.2 Å². The molecule has 2 heterocycles. The van der Waals surface area contributed by atoms with Gasteiger partial charge in [0.15, 0.2) is 0 Å². The van der Waals surface area contributed by atoms with Crippen molar-refractivity contribution in [1.82, 2.24) is 10.3 Å². The standard InChI is InChI=1S/C9H5F3N2OS/c10-9(11,12)14-8(15)5-3-7-6(13-4-5)1-2-16-7/h1-4H,(H,14,15). The molecule has 2 aromatic heterocycles. The van der Waals surface area contributed by atoms with Crippen molar-refractivity contribution in [3.8, 4) is 0 Å². The van der Waals surface area contributed by atoms with E-state index in [9.17, 15) is 18.0 Å². The number of nitrogens with zero attached hydrogens (tertiary/aromatic N) is 1. The molecular weight excluding hydrogens is 241 g/mol. The lowest BCUT2D eigenvalue weighted by Crippen LogP contribution is -2.37. The summed E-state index contributed by atoms with van der Waals surface area (Å²) in [6, 6.07) is 3.11. The monoisotopic (exact) mass is 246 g/mol. The number of aromatic nitrogens is 1. The van der Waals surface area contributed by atoms with Crippen molar-refractivity contribution in [1.29, 1.82) is 0 Å². The third-order valence-electron chi connectivity index (χ3n) is 1.82. The zero-order chi connectivity index (χ0) is 11.8. The van der Waals surface area contributed by atoms with Gasteiger partial charge in [0.05, 0.1) is 15.8 Å². The minimum absolute atomic E-state index is 0.104. The van der Waals surface area contributed by atoms with Crippen molar-refractivity contribution in [2.45, 2.75) is 6.30 Å². The molecule has 0 atom stereocenters. The highest BCUT2D eigenvalue weighted by Gasteiger charge is 2.30. The molecule has 84 valence electrons. The quantitative estimate of drug-likeness (QED) is 0.786. The Morgan fingerprint density at radius 2 is 2.19 bits per heavy atom. The molecule has 7 heteroatoms. The average molecular weight is 246 g/mol. The normalized spacial score (nSPS) is 11.7. The van der Waals surface area contributed by atoms with Gasteiger partial charge in [-0.3, -0.25) is 15.1 Å². The van der Waals surface area contributed by atoms with E-state index in [0.29, 0.717) is 10.2 Å². The molecule has 0 spiro atoms. The highest BCUT2D eigenvalue weighted by molar-refractivity contribution is 7.17. The van der Waals surface area contributed by atoms with Crippen LogP contribution >= 0.6 is 11.3 Å². The fourth-order valence-electron chi connectivity index (χ4n) is 1.17. The summed E-state index contributed by atoms with van der Waals surface area (Å²) in [7, 11) is 0. The number of rotatable bonds is 1. The number of hydrogen-bond donors (Lipinski definition) is 1. The number of thiophene rings is 1. The van der Waals surface area contributed by atoms with Crippen LogP contribution in [-0.2, 0) is 0 Å². The number of pyridine rings is 1. The van der Waals surface area contributed by atoms with Gasteiger partial charge in [0.25, 0.3) is 5.91 Å². The fraction of sp³-hybridized carbons (Fsp3) is 0.111. The van der Waals surface area contributed by atoms with Crippen molar-refractivity contribution in [3.05, 3.63) is 29.3 Å². The number of amides is 1. The van der Waals surface area contributed by atoms with E-state index in [4.69, 9.17) is 0 Å². The van der Waals surface area contributed by atoms with E-state index < -0.39 is 12.2 Å². The molecule has 0 saturated heterocycles. The van der Waals surface area contributed by atoms with E-state index in [0.717, 1.165) is 11.5 Å². The Labute approximate surface area is 91.9 Å². The van der Waals surface area contributed by atoms with Crippen LogP contribution in [-0.4, -0.2) is 17.2 Å². The SMILES string of the molecule is O=C(NC(F)(F)F)c1cnc2ccsc2c1. The molecule has 0 fully saturated rings. The molecule has 2 rings (SSSR count). The maximum absolute atomic E-state index is 11.9. The van der Waals surface area contributed by atoms with Crippen LogP contribution in [0.1, 0.15) is 10.4 Å². The Morgan fingerprint density at radius 3 is 2.88 bits per heavy atom. The molecule has 1 N–H and O–H groups in total. The minimum Gasteiger partial charge on any atom is -0.269 e. The predicted molar refractivity (Wildman–Crippen MR) is 53.1 cm³/mol. The van der Waals surface area contributed by atoms with E-state index in [2.05, 4.69) is 4.98 Å². The summed E-state index contributed by atoms with van der Waals surface area (Å²) < 4.78 is 36.4. The first-order valence-corrected chi connectivity index (χ1v) is 5.06. The van der Waals surface area contributed by atoms with Crippen LogP contribution in [0.2, 0.25) is 0 Å². The highest BCUT2D eigenvalue weighted by Crippen LogP contribution is 2.20. The third kappa shape index (κ3) is 2.30. The van der Waals surface area contributed by atoms with E-state index in [1.807, 2.05) is 0 Å². The summed E-state index contributed by atoms with van der Waals surface area (Å²) in [4.78, 5) is 15.0. The van der Waals surface area contributed by atoms with Crippen LogP contribution in [0.3, 0.4) is 0 Å². The zero-order valence-corrected chi connectivity index (χ0v) is 8.52. The van der Waals surface area contributed by atoms with Gasteiger partial charge in [-0.05, 0) is 17.5 Å². The number of hydrogen-bond acceptors (Lipinski definition) is 3. The summed E-state index contributed by atoms with van der Waals surface area (Å²) >= 11 is 1.31. The molecule has 0 saturated carbocycles. The lowest BCUT2D eigenvalue weighted by Gasteiger charge is -2.07. The molecule has 1 amide bonds. The topological polar surface area (TPSA) is 42.0 Å². The van der Waals surface area contributed by atoms with Crippen molar-refractivity contribution in [3.63, 3.8) is 0 Å². The van der Waals surface area contributed by atoms with Crippen molar-refractivity contribution in [2.75, 3.05) is 0 Å². The molecule has 3 nitrogen and oxygen atoms in total. The van der Waals surface area contributed by atoms with Crippen molar-refractivity contribution in [2.24, 2.45) is 0 Å². The van der Waals surface area contributed by atoms with Gasteiger partial charge in [-0.25, -0.2) is 0 Å². The van der Waals surface area contributed by atoms with Gasteiger partial charge in [-0.15, -0.1) is 11.3 Å². The smallest absolute Gasteiger partial charge is 0.269 e. The van der Waals surface area contributed by atoms with Crippen LogP contribution in [0.25, 0.3) is 10.2 Å². The van der Waals surface area contributed by atoms with E-state index in [1.165, 1.54) is 17.4 Å². The largest absolute Gasteiger partial charge is 0.484 e. The number of halogens is 3. The maximum atomic E-state index is 11.9. The predicted octanol–water partition coefficient (Wildman–Crippen LogP) is 2.55. The summed E-state index contributed by atoms with van der Waals surface area (Å²) in [5.74, 6) is -1.20. The molecule has 0 radical (unpaired) electrons. The molecule has 0 aliphatic carbocycles. The summed E-state index contributed by atoms with van der Waals surface area (Å²) in [6.45, 7) is 0. The average Bonchev–Trinajstić information content (AvgIpc) is 2.61. The molecule has 0 bridgehead atoms. The van der Waals surface area contributed by atoms with Crippen molar-refractivity contribution < 1.29 is 18.0 Å². The Bertz CT molecular complexity index is 535. The first kappa shape index (κ1) is 10.9. The lowest BCUT2D eigenvalue weighted by molar-refractivity contribution is -0.146. The molecule has 0 unspecified atom stereocenters. The Kier molecular flexibility index (Phi) is 2.55. The van der Waals surface area contributed by atoms with Gasteiger partial charge in [0.1, 0.15) is 0 Å². The third-order valence-corrected chi connectivity index (χ3v) is 2.67. The van der Waals surface area contributed by atoms with E-state index in [1.54, 1.807) is 11.4 Å². The molecule has 2 aromatic rings. The van der Waals surface area contributed by atoms with Crippen LogP contribution in [0, 0.1) is 0 Å². The first-order valence-electron chi connectivity index (χ1n) is 4.18. The Hall–Kier alpha value is -1.63. The Balaban J connectivity index is 2.29. The zero-order valence-electron chi connectivity index (χ0n) is 7.71. The molecule has 16 heavy (non-hydrogen) atoms. The number of carbonyl (C=O) groups excluding carboxylic acids is 1. The molecule has 0 aliphatic heterocycles. The van der Waals surface area contributed by atoms with Crippen LogP contribution < -0.4 is 5.32 Å². The second-order valence-corrected chi connectivity index (χ2v) is 3.93. The second kappa shape index (κ2) is 3.75. The van der Waals surface area contributed by atoms with Crippen molar-refractivity contribution >= 4 is 27.5 Å². The maximum Gasteiger partial charge on any atom is 0.484 e. The van der Waals surface area contributed by atoms with Gasteiger partial charge in [-0.1, -0.05) is 0 Å². The molecule has 0 aromatic carbocycles. The number of nitrogens with one attached hydrogen (secondary N) is 1. The van der Waals surface area contributed by atoms with Gasteiger partial charge in [0.2, 0.25) is 0 Å². The summed E-state index contributed by atoms with van der Waals surface area (Å²) in [5, 5.41) is 2.67. The summed E-state index contributed by atoms with van der Waals surface area (Å²) in [6.07, 6.45) is -3.60. The lowest BCUT2D eigenvalue weighted by atomic mass is 10.2. The number of alkyl halides is 3. The van der Waals surface area contributed by atoms with E-state index in [-0.39, 0.29) is 5.56 Å². The summed E-state index contributed by atoms with van der Waals surface area (Å²) in [5.41, 5.74) is 0.556. The van der Waals surface area contributed by atoms with Crippen LogP contribution in [0.15, 0.2) is 23.7 Å². The number of fused-ring (bicyclic) bond motifs is 1. The van der Waals surface area contributed by atoms with Gasteiger partial charge >= 0.3 is 6.30 Å². The van der Waals surface area contributed by atoms with Gasteiger partial charge in [-0.2, -0.15) is 13.2 Å². The molecular formula is C9H5F3N2OS. The highest BCUT2D eigenvalue weighted by atomic mass is 32.1. The fourth-order valence-corrected chi connectivity index (χ4v) is 1.95.